The molecule has 0 saturated carbocycles. The first-order valence-corrected chi connectivity index (χ1v) is 6.15. The van der Waals surface area contributed by atoms with Crippen LogP contribution < -0.4 is 0 Å². The maximum absolute atomic E-state index is 3.87. The third kappa shape index (κ3) is 9.52. The molecule has 0 saturated heterocycles. The summed E-state index contributed by atoms with van der Waals surface area (Å²) in [4.78, 5) is 0. The second kappa shape index (κ2) is 9.76. The van der Waals surface area contributed by atoms with Crippen LogP contribution in [0, 0.1) is 5.92 Å². The molecular weight excluding hydrogens is 180 g/mol. The standard InChI is InChI=1S/C15H26/c1-5-7-8-12-15(10-6-2)13-9-11-14(3)4/h6,9-11,15H,3,5,7-8,12-13H2,1-2,4H3. The van der Waals surface area contributed by atoms with E-state index in [1.54, 1.807) is 0 Å². The fraction of sp³-hybridized carbons (Fsp3) is 0.600. The van der Waals surface area contributed by atoms with Gasteiger partial charge in [0.25, 0.3) is 0 Å². The van der Waals surface area contributed by atoms with E-state index in [0.717, 1.165) is 17.9 Å². The lowest BCUT2D eigenvalue weighted by Gasteiger charge is -2.09. The average Bonchev–Trinajstić information content (AvgIpc) is 2.17. The van der Waals surface area contributed by atoms with E-state index in [1.807, 2.05) is 6.92 Å². The molecule has 1 unspecified atom stereocenters. The third-order valence-corrected chi connectivity index (χ3v) is 2.48. The monoisotopic (exact) mass is 206 g/mol. The molecule has 0 spiro atoms. The molecule has 0 aliphatic carbocycles. The number of allylic oxidation sites excluding steroid dienone is 5. The zero-order valence-corrected chi connectivity index (χ0v) is 10.6. The molecule has 0 bridgehead atoms. The molecule has 0 radical (unpaired) electrons. The molecule has 0 fully saturated rings. The summed E-state index contributed by atoms with van der Waals surface area (Å²) in [7, 11) is 0. The Morgan fingerprint density at radius 3 is 2.60 bits per heavy atom. The molecule has 0 aromatic rings. The van der Waals surface area contributed by atoms with E-state index in [-0.39, 0.29) is 0 Å². The van der Waals surface area contributed by atoms with Gasteiger partial charge in [-0.1, -0.05) is 62.6 Å². The van der Waals surface area contributed by atoms with Gasteiger partial charge in [0.15, 0.2) is 0 Å². The zero-order chi connectivity index (χ0) is 11.5. The van der Waals surface area contributed by atoms with Crippen LogP contribution in [0.15, 0.2) is 36.5 Å². The van der Waals surface area contributed by atoms with Gasteiger partial charge < -0.3 is 0 Å². The van der Waals surface area contributed by atoms with Crippen molar-refractivity contribution >= 4 is 0 Å². The highest BCUT2D eigenvalue weighted by Crippen LogP contribution is 2.16. The first-order valence-electron chi connectivity index (χ1n) is 6.15. The quantitative estimate of drug-likeness (QED) is 0.288. The molecule has 0 amide bonds. The van der Waals surface area contributed by atoms with E-state index in [0.29, 0.717) is 0 Å². The normalized spacial score (nSPS) is 13.8. The van der Waals surface area contributed by atoms with Crippen LogP contribution >= 0.6 is 0 Å². The minimum absolute atomic E-state index is 0.720. The maximum Gasteiger partial charge on any atom is -0.0199 e. The van der Waals surface area contributed by atoms with Gasteiger partial charge in [0.05, 0.1) is 0 Å². The second-order valence-corrected chi connectivity index (χ2v) is 4.27. The summed E-state index contributed by atoms with van der Waals surface area (Å²) < 4.78 is 0. The molecule has 0 heteroatoms. The van der Waals surface area contributed by atoms with Crippen LogP contribution in [0.4, 0.5) is 0 Å². The summed E-state index contributed by atoms with van der Waals surface area (Å²) in [5, 5.41) is 0. The van der Waals surface area contributed by atoms with Gasteiger partial charge in [0.2, 0.25) is 0 Å². The fourth-order valence-corrected chi connectivity index (χ4v) is 1.67. The van der Waals surface area contributed by atoms with Crippen molar-refractivity contribution in [3.63, 3.8) is 0 Å². The van der Waals surface area contributed by atoms with E-state index in [1.165, 1.54) is 25.7 Å². The van der Waals surface area contributed by atoms with E-state index in [9.17, 15) is 0 Å². The molecule has 0 aliphatic rings. The van der Waals surface area contributed by atoms with Gasteiger partial charge in [-0.2, -0.15) is 0 Å². The van der Waals surface area contributed by atoms with Crippen molar-refractivity contribution < 1.29 is 0 Å². The molecule has 0 aromatic carbocycles. The molecule has 0 nitrogen and oxygen atoms in total. The highest BCUT2D eigenvalue weighted by atomic mass is 14.1. The van der Waals surface area contributed by atoms with E-state index >= 15 is 0 Å². The summed E-state index contributed by atoms with van der Waals surface area (Å²) in [5.74, 6) is 0.720. The number of hydrogen-bond acceptors (Lipinski definition) is 0. The fourth-order valence-electron chi connectivity index (χ4n) is 1.67. The molecule has 0 aliphatic heterocycles. The van der Waals surface area contributed by atoms with Crippen molar-refractivity contribution in [1.29, 1.82) is 0 Å². The van der Waals surface area contributed by atoms with E-state index in [4.69, 9.17) is 0 Å². The molecule has 0 rings (SSSR count). The zero-order valence-electron chi connectivity index (χ0n) is 10.6. The highest BCUT2D eigenvalue weighted by molar-refractivity contribution is 5.11. The minimum atomic E-state index is 0.720. The Kier molecular flexibility index (Phi) is 9.26. The molecule has 0 aromatic heterocycles. The molecule has 15 heavy (non-hydrogen) atoms. The van der Waals surface area contributed by atoms with Crippen LogP contribution in [0.1, 0.15) is 52.9 Å². The summed E-state index contributed by atoms with van der Waals surface area (Å²) >= 11 is 0. The second-order valence-electron chi connectivity index (χ2n) is 4.27. The Balaban J connectivity index is 3.87. The van der Waals surface area contributed by atoms with Crippen LogP contribution in [-0.4, -0.2) is 0 Å². The third-order valence-electron chi connectivity index (χ3n) is 2.48. The van der Waals surface area contributed by atoms with Crippen LogP contribution in [0.25, 0.3) is 0 Å². The molecule has 86 valence electrons. The summed E-state index contributed by atoms with van der Waals surface area (Å²) in [5.41, 5.74) is 1.14. The number of hydrogen-bond donors (Lipinski definition) is 0. The summed E-state index contributed by atoms with van der Waals surface area (Å²) in [6.45, 7) is 10.3. The van der Waals surface area contributed by atoms with Gasteiger partial charge in [0, 0.05) is 0 Å². The first-order chi connectivity index (χ1) is 7.20. The Bertz CT molecular complexity index is 208. The van der Waals surface area contributed by atoms with Crippen molar-refractivity contribution in [1.82, 2.24) is 0 Å². The Morgan fingerprint density at radius 1 is 1.33 bits per heavy atom. The predicted octanol–water partition coefficient (Wildman–Crippen LogP) is 5.28. The summed E-state index contributed by atoms with van der Waals surface area (Å²) in [6, 6.07) is 0. The largest absolute Gasteiger partial charge is 0.0961 e. The molecule has 0 heterocycles. The summed E-state index contributed by atoms with van der Waals surface area (Å²) in [6.07, 6.45) is 15.4. The van der Waals surface area contributed by atoms with Crippen LogP contribution in [0.5, 0.6) is 0 Å². The van der Waals surface area contributed by atoms with Crippen molar-refractivity contribution in [3.8, 4) is 0 Å². The maximum atomic E-state index is 3.87. The smallest absolute Gasteiger partial charge is 0.0199 e. The first kappa shape index (κ1) is 14.2. The number of unbranched alkanes of at least 4 members (excludes halogenated alkanes) is 2. The Morgan fingerprint density at radius 2 is 2.07 bits per heavy atom. The van der Waals surface area contributed by atoms with E-state index < -0.39 is 0 Å². The lowest BCUT2D eigenvalue weighted by molar-refractivity contribution is 0.544. The topological polar surface area (TPSA) is 0 Å². The van der Waals surface area contributed by atoms with Crippen LogP contribution in [0.3, 0.4) is 0 Å². The van der Waals surface area contributed by atoms with E-state index in [2.05, 4.69) is 44.7 Å². The van der Waals surface area contributed by atoms with Crippen molar-refractivity contribution in [2.24, 2.45) is 5.92 Å². The van der Waals surface area contributed by atoms with Gasteiger partial charge >= 0.3 is 0 Å². The highest BCUT2D eigenvalue weighted by Gasteiger charge is 2.01. The van der Waals surface area contributed by atoms with Crippen LogP contribution in [0.2, 0.25) is 0 Å². The van der Waals surface area contributed by atoms with Gasteiger partial charge in [0.1, 0.15) is 0 Å². The minimum Gasteiger partial charge on any atom is -0.0961 e. The molecule has 1 atom stereocenters. The Labute approximate surface area is 95.8 Å². The van der Waals surface area contributed by atoms with Gasteiger partial charge in [-0.05, 0) is 32.6 Å². The Hall–Kier alpha value is -0.780. The van der Waals surface area contributed by atoms with Crippen LogP contribution in [-0.2, 0) is 0 Å². The van der Waals surface area contributed by atoms with Gasteiger partial charge in [-0.3, -0.25) is 0 Å². The number of rotatable bonds is 8. The lowest BCUT2D eigenvalue weighted by atomic mass is 9.97. The van der Waals surface area contributed by atoms with Gasteiger partial charge in [-0.15, -0.1) is 0 Å². The molecular formula is C15H26. The average molecular weight is 206 g/mol. The van der Waals surface area contributed by atoms with Crippen molar-refractivity contribution in [2.45, 2.75) is 52.9 Å². The van der Waals surface area contributed by atoms with Crippen molar-refractivity contribution in [3.05, 3.63) is 36.5 Å². The SMILES string of the molecule is C=C(C)C=CCC(C=CC)CCCCC. The lowest BCUT2D eigenvalue weighted by Crippen LogP contribution is -1.94. The van der Waals surface area contributed by atoms with Crippen molar-refractivity contribution in [2.75, 3.05) is 0 Å². The molecule has 0 N–H and O–H groups in total. The van der Waals surface area contributed by atoms with Gasteiger partial charge in [-0.25, -0.2) is 0 Å². The predicted molar refractivity (Wildman–Crippen MR) is 71.0 cm³/mol.